The van der Waals surface area contributed by atoms with Crippen molar-refractivity contribution in [2.24, 2.45) is 28.0 Å². The molecule has 0 aromatic rings. The molecule has 1 amide bonds. The number of nitroso groups, excluding NO2 is 1. The summed E-state index contributed by atoms with van der Waals surface area (Å²) < 4.78 is 0. The molecule has 0 rings (SSSR count). The number of hydrogen-bond donors (Lipinski definition) is 2. The van der Waals surface area contributed by atoms with Crippen molar-refractivity contribution in [2.45, 2.75) is 40.0 Å². The van der Waals surface area contributed by atoms with Crippen molar-refractivity contribution >= 4 is 5.91 Å². The zero-order chi connectivity index (χ0) is 15.6. The van der Waals surface area contributed by atoms with Crippen LogP contribution in [0.15, 0.2) is 5.18 Å². The lowest BCUT2D eigenvalue weighted by Gasteiger charge is -2.30. The molecule has 0 saturated carbocycles. The summed E-state index contributed by atoms with van der Waals surface area (Å²) in [5.41, 5.74) is 11.1. The van der Waals surface area contributed by atoms with Crippen molar-refractivity contribution in [1.82, 2.24) is 4.90 Å². The molecule has 0 aliphatic rings. The first kappa shape index (κ1) is 19.0. The summed E-state index contributed by atoms with van der Waals surface area (Å²) in [5.74, 6) is 0.0881. The monoisotopic (exact) mass is 286 g/mol. The fraction of sp³-hybridized carbons (Fsp3) is 0.929. The van der Waals surface area contributed by atoms with Gasteiger partial charge in [-0.1, -0.05) is 25.9 Å². The van der Waals surface area contributed by atoms with Crippen LogP contribution in [0.3, 0.4) is 0 Å². The maximum absolute atomic E-state index is 11.1. The Labute approximate surface area is 122 Å². The number of amides is 1. The van der Waals surface area contributed by atoms with Crippen molar-refractivity contribution in [2.75, 3.05) is 32.7 Å². The molecule has 0 aromatic carbocycles. The van der Waals surface area contributed by atoms with Gasteiger partial charge in [0, 0.05) is 19.6 Å². The molecule has 0 aromatic heterocycles. The predicted molar refractivity (Wildman–Crippen MR) is 82.1 cm³/mol. The Hall–Kier alpha value is -1.01. The van der Waals surface area contributed by atoms with Gasteiger partial charge in [-0.3, -0.25) is 9.69 Å². The summed E-state index contributed by atoms with van der Waals surface area (Å²) in [6.07, 6.45) is 2.76. The molecule has 0 aliphatic carbocycles. The molecule has 1 atom stereocenters. The van der Waals surface area contributed by atoms with Crippen LogP contribution in [0.25, 0.3) is 0 Å². The van der Waals surface area contributed by atoms with Gasteiger partial charge in [-0.15, -0.1) is 0 Å². The van der Waals surface area contributed by atoms with Crippen molar-refractivity contribution in [3.8, 4) is 0 Å². The molecule has 1 unspecified atom stereocenters. The average molecular weight is 286 g/mol. The summed E-state index contributed by atoms with van der Waals surface area (Å²) in [6, 6.07) is 0. The molecule has 6 heteroatoms. The molecule has 0 bridgehead atoms. The number of primary amides is 1. The smallest absolute Gasteiger partial charge is 0.231 e. The van der Waals surface area contributed by atoms with Crippen LogP contribution in [0, 0.1) is 16.2 Å². The number of nitrogens with zero attached hydrogens (tertiary/aromatic N) is 2. The van der Waals surface area contributed by atoms with Gasteiger partial charge in [-0.2, -0.15) is 4.91 Å². The van der Waals surface area contributed by atoms with Gasteiger partial charge in [-0.05, 0) is 30.6 Å². The third kappa shape index (κ3) is 10.9. The summed E-state index contributed by atoms with van der Waals surface area (Å²) in [6.45, 7) is 9.13. The normalized spacial score (nSPS) is 13.4. The Bertz CT molecular complexity index is 289. The van der Waals surface area contributed by atoms with E-state index in [9.17, 15) is 9.70 Å². The highest BCUT2D eigenvalue weighted by Crippen LogP contribution is 2.27. The Morgan fingerprint density at radius 3 is 2.45 bits per heavy atom. The topological polar surface area (TPSA) is 102 Å². The largest absolute Gasteiger partial charge is 0.369 e. The summed E-state index contributed by atoms with van der Waals surface area (Å²) in [7, 11) is 0. The molecule has 6 nitrogen and oxygen atoms in total. The SMILES string of the molecule is CC(C)(C)CC(CCCN=O)CN(CCN)CC(N)=O. The van der Waals surface area contributed by atoms with E-state index in [1.807, 2.05) is 4.90 Å². The van der Waals surface area contributed by atoms with Crippen LogP contribution in [0.5, 0.6) is 0 Å². The van der Waals surface area contributed by atoms with Crippen LogP contribution >= 0.6 is 0 Å². The molecular weight excluding hydrogens is 256 g/mol. The molecule has 4 N–H and O–H groups in total. The Balaban J connectivity index is 4.54. The first-order valence-corrected chi connectivity index (χ1v) is 7.28. The fourth-order valence-corrected chi connectivity index (χ4v) is 2.57. The summed E-state index contributed by atoms with van der Waals surface area (Å²) in [4.78, 5) is 23.3. The van der Waals surface area contributed by atoms with Crippen LogP contribution in [-0.2, 0) is 4.79 Å². The molecule has 0 radical (unpaired) electrons. The van der Waals surface area contributed by atoms with E-state index >= 15 is 0 Å². The highest BCUT2D eigenvalue weighted by atomic mass is 16.3. The lowest BCUT2D eigenvalue weighted by Crippen LogP contribution is -2.40. The van der Waals surface area contributed by atoms with E-state index in [2.05, 4.69) is 25.9 Å². The minimum absolute atomic E-state index is 0.209. The molecule has 118 valence electrons. The number of carbonyl (C=O) groups is 1. The van der Waals surface area contributed by atoms with Gasteiger partial charge >= 0.3 is 0 Å². The van der Waals surface area contributed by atoms with E-state index in [1.54, 1.807) is 0 Å². The van der Waals surface area contributed by atoms with E-state index in [1.165, 1.54) is 0 Å². The van der Waals surface area contributed by atoms with Gasteiger partial charge < -0.3 is 11.5 Å². The van der Waals surface area contributed by atoms with E-state index < -0.39 is 0 Å². The van der Waals surface area contributed by atoms with Crippen molar-refractivity contribution < 1.29 is 4.79 Å². The summed E-state index contributed by atoms with van der Waals surface area (Å²) >= 11 is 0. The molecule has 0 spiro atoms. The van der Waals surface area contributed by atoms with Gasteiger partial charge in [0.15, 0.2) is 0 Å². The summed E-state index contributed by atoms with van der Waals surface area (Å²) in [5, 5.41) is 2.91. The standard InChI is InChI=1S/C14H30N4O2/c1-14(2,3)9-12(5-4-7-17-20)10-18(8-6-15)11-13(16)19/h12H,4-11,15H2,1-3H3,(H2,16,19). The van der Waals surface area contributed by atoms with Gasteiger partial charge in [0.1, 0.15) is 0 Å². The number of nitrogens with two attached hydrogens (primary N) is 2. The Morgan fingerprint density at radius 2 is 2.00 bits per heavy atom. The highest BCUT2D eigenvalue weighted by Gasteiger charge is 2.21. The molecule has 20 heavy (non-hydrogen) atoms. The second-order valence-corrected chi connectivity index (χ2v) is 6.62. The van der Waals surface area contributed by atoms with E-state index in [4.69, 9.17) is 11.5 Å². The molecule has 0 fully saturated rings. The van der Waals surface area contributed by atoms with E-state index in [-0.39, 0.29) is 17.9 Å². The van der Waals surface area contributed by atoms with Crippen molar-refractivity contribution in [1.29, 1.82) is 0 Å². The zero-order valence-electron chi connectivity index (χ0n) is 13.1. The Kier molecular flexibility index (Phi) is 9.33. The lowest BCUT2D eigenvalue weighted by molar-refractivity contribution is -0.119. The lowest BCUT2D eigenvalue weighted by atomic mass is 9.82. The predicted octanol–water partition coefficient (Wildman–Crippen LogP) is 1.33. The maximum Gasteiger partial charge on any atom is 0.231 e. The first-order chi connectivity index (χ1) is 9.28. The second-order valence-electron chi connectivity index (χ2n) is 6.62. The molecule has 0 saturated heterocycles. The third-order valence-corrected chi connectivity index (χ3v) is 3.10. The minimum atomic E-state index is -0.331. The van der Waals surface area contributed by atoms with Gasteiger partial charge in [0.25, 0.3) is 0 Å². The first-order valence-electron chi connectivity index (χ1n) is 7.28. The van der Waals surface area contributed by atoms with Gasteiger partial charge in [0.2, 0.25) is 5.91 Å². The molecule has 0 heterocycles. The van der Waals surface area contributed by atoms with Crippen LogP contribution in [0.4, 0.5) is 0 Å². The quantitative estimate of drug-likeness (QED) is 0.442. The number of hydrogen-bond acceptors (Lipinski definition) is 5. The highest BCUT2D eigenvalue weighted by molar-refractivity contribution is 5.75. The maximum atomic E-state index is 11.1. The molecular formula is C14H30N4O2. The van der Waals surface area contributed by atoms with Gasteiger partial charge in [0.05, 0.1) is 13.1 Å². The number of carbonyl (C=O) groups excluding carboxylic acids is 1. The second kappa shape index (κ2) is 9.83. The third-order valence-electron chi connectivity index (χ3n) is 3.10. The van der Waals surface area contributed by atoms with Gasteiger partial charge in [-0.25, -0.2) is 0 Å². The molecule has 0 aliphatic heterocycles. The zero-order valence-corrected chi connectivity index (χ0v) is 13.1. The van der Waals surface area contributed by atoms with Crippen LogP contribution < -0.4 is 11.5 Å². The van der Waals surface area contributed by atoms with E-state index in [0.29, 0.717) is 25.6 Å². The van der Waals surface area contributed by atoms with E-state index in [0.717, 1.165) is 25.8 Å². The average Bonchev–Trinajstić information content (AvgIpc) is 2.26. The minimum Gasteiger partial charge on any atom is -0.369 e. The van der Waals surface area contributed by atoms with Crippen LogP contribution in [0.1, 0.15) is 40.0 Å². The van der Waals surface area contributed by atoms with Crippen molar-refractivity contribution in [3.05, 3.63) is 4.91 Å². The van der Waals surface area contributed by atoms with Crippen LogP contribution in [0.2, 0.25) is 0 Å². The fourth-order valence-electron chi connectivity index (χ4n) is 2.57. The number of rotatable bonds is 11. The van der Waals surface area contributed by atoms with Crippen LogP contribution in [-0.4, -0.2) is 43.5 Å². The van der Waals surface area contributed by atoms with Crippen molar-refractivity contribution in [3.63, 3.8) is 0 Å². The Morgan fingerprint density at radius 1 is 1.35 bits per heavy atom.